The van der Waals surface area contributed by atoms with Crippen LogP contribution in [0.2, 0.25) is 0 Å². The van der Waals surface area contributed by atoms with Crippen LogP contribution in [0.1, 0.15) is 12.8 Å². The number of para-hydroxylation sites is 1. The zero-order valence-corrected chi connectivity index (χ0v) is 12.3. The molecule has 0 unspecified atom stereocenters. The summed E-state index contributed by atoms with van der Waals surface area (Å²) < 4.78 is 1.86. The summed E-state index contributed by atoms with van der Waals surface area (Å²) in [5.74, 6) is 0.0702. The Morgan fingerprint density at radius 3 is 2.90 bits per heavy atom. The fourth-order valence-corrected chi connectivity index (χ4v) is 2.09. The molecule has 6 heteroatoms. The monoisotopic (exact) mass is 290 g/mol. The SMILES string of the molecule is CN(CCC(N)=S)C(=O)CCn1ncc2ccccc21. The first-order chi connectivity index (χ1) is 9.58. The number of hydrogen-bond acceptors (Lipinski definition) is 3. The molecule has 0 aliphatic carbocycles. The molecule has 1 heterocycles. The first-order valence-corrected chi connectivity index (χ1v) is 6.91. The van der Waals surface area contributed by atoms with Gasteiger partial charge in [0.2, 0.25) is 5.91 Å². The Hall–Kier alpha value is -1.95. The molecule has 0 radical (unpaired) electrons. The molecular formula is C14H18N4OS. The van der Waals surface area contributed by atoms with Gasteiger partial charge in [-0.15, -0.1) is 0 Å². The number of nitrogens with zero attached hydrogens (tertiary/aromatic N) is 3. The smallest absolute Gasteiger partial charge is 0.224 e. The number of thiocarbonyl (C=S) groups is 1. The largest absolute Gasteiger partial charge is 0.393 e. The first kappa shape index (κ1) is 14.5. The Kier molecular flexibility index (Phi) is 4.68. The fraction of sp³-hybridized carbons (Fsp3) is 0.357. The van der Waals surface area contributed by atoms with E-state index in [2.05, 4.69) is 5.10 Å². The van der Waals surface area contributed by atoms with E-state index in [4.69, 9.17) is 18.0 Å². The average Bonchev–Trinajstić information content (AvgIpc) is 2.85. The van der Waals surface area contributed by atoms with Crippen molar-refractivity contribution in [2.24, 2.45) is 5.73 Å². The number of aryl methyl sites for hydroxylation is 1. The van der Waals surface area contributed by atoms with E-state index < -0.39 is 0 Å². The van der Waals surface area contributed by atoms with Crippen LogP contribution in [0.3, 0.4) is 0 Å². The summed E-state index contributed by atoms with van der Waals surface area (Å²) in [6, 6.07) is 7.96. The van der Waals surface area contributed by atoms with Crippen LogP contribution in [-0.4, -0.2) is 39.2 Å². The third kappa shape index (κ3) is 3.54. The van der Waals surface area contributed by atoms with E-state index in [1.165, 1.54) is 0 Å². The van der Waals surface area contributed by atoms with E-state index in [0.717, 1.165) is 10.9 Å². The van der Waals surface area contributed by atoms with Crippen molar-refractivity contribution >= 4 is 34.0 Å². The Morgan fingerprint density at radius 1 is 1.40 bits per heavy atom. The van der Waals surface area contributed by atoms with E-state index in [9.17, 15) is 4.79 Å². The Bertz CT molecular complexity index is 622. The number of carbonyl (C=O) groups is 1. The van der Waals surface area contributed by atoms with Crippen molar-refractivity contribution in [3.8, 4) is 0 Å². The molecule has 0 aliphatic rings. The number of aromatic nitrogens is 2. The maximum Gasteiger partial charge on any atom is 0.224 e. The van der Waals surface area contributed by atoms with Crippen molar-refractivity contribution in [3.05, 3.63) is 30.5 Å². The van der Waals surface area contributed by atoms with Gasteiger partial charge in [-0.25, -0.2) is 0 Å². The Labute approximate surface area is 123 Å². The first-order valence-electron chi connectivity index (χ1n) is 6.51. The maximum atomic E-state index is 12.0. The van der Waals surface area contributed by atoms with Crippen molar-refractivity contribution in [1.82, 2.24) is 14.7 Å². The molecule has 0 atom stereocenters. The summed E-state index contributed by atoms with van der Waals surface area (Å²) in [7, 11) is 1.77. The lowest BCUT2D eigenvalue weighted by atomic mass is 10.2. The van der Waals surface area contributed by atoms with Crippen LogP contribution >= 0.6 is 12.2 Å². The van der Waals surface area contributed by atoms with Gasteiger partial charge in [-0.05, 0) is 6.07 Å². The quantitative estimate of drug-likeness (QED) is 0.820. The summed E-state index contributed by atoms with van der Waals surface area (Å²) in [4.78, 5) is 14.1. The lowest BCUT2D eigenvalue weighted by molar-refractivity contribution is -0.130. The maximum absolute atomic E-state index is 12.0. The molecule has 1 aromatic heterocycles. The second-order valence-corrected chi connectivity index (χ2v) is 5.23. The zero-order valence-electron chi connectivity index (χ0n) is 11.5. The van der Waals surface area contributed by atoms with Gasteiger partial charge in [0, 0.05) is 31.8 Å². The molecule has 2 aromatic rings. The van der Waals surface area contributed by atoms with E-state index in [0.29, 0.717) is 30.9 Å². The average molecular weight is 290 g/mol. The molecule has 2 rings (SSSR count). The minimum absolute atomic E-state index is 0.0702. The van der Waals surface area contributed by atoms with Crippen LogP contribution in [0.4, 0.5) is 0 Å². The van der Waals surface area contributed by atoms with Gasteiger partial charge < -0.3 is 10.6 Å². The molecular weight excluding hydrogens is 272 g/mol. The molecule has 0 spiro atoms. The van der Waals surface area contributed by atoms with Gasteiger partial charge in [0.1, 0.15) is 0 Å². The van der Waals surface area contributed by atoms with Crippen molar-refractivity contribution in [3.63, 3.8) is 0 Å². The highest BCUT2D eigenvalue weighted by atomic mass is 32.1. The molecule has 20 heavy (non-hydrogen) atoms. The Balaban J connectivity index is 1.91. The predicted octanol–water partition coefficient (Wildman–Crippen LogP) is 1.56. The third-order valence-electron chi connectivity index (χ3n) is 3.21. The van der Waals surface area contributed by atoms with Gasteiger partial charge in [0.25, 0.3) is 0 Å². The van der Waals surface area contributed by atoms with Gasteiger partial charge in [0.05, 0.1) is 23.2 Å². The summed E-state index contributed by atoms with van der Waals surface area (Å²) in [5, 5.41) is 5.39. The number of amides is 1. The Morgan fingerprint density at radius 2 is 2.15 bits per heavy atom. The highest BCUT2D eigenvalue weighted by Crippen LogP contribution is 2.13. The third-order valence-corrected chi connectivity index (χ3v) is 3.41. The topological polar surface area (TPSA) is 64.2 Å². The molecule has 0 aliphatic heterocycles. The molecule has 0 fully saturated rings. The van der Waals surface area contributed by atoms with Gasteiger partial charge in [-0.1, -0.05) is 30.4 Å². The second kappa shape index (κ2) is 6.47. The van der Waals surface area contributed by atoms with Gasteiger partial charge >= 0.3 is 0 Å². The number of rotatable bonds is 6. The highest BCUT2D eigenvalue weighted by Gasteiger charge is 2.10. The van der Waals surface area contributed by atoms with Gasteiger partial charge in [0.15, 0.2) is 0 Å². The van der Waals surface area contributed by atoms with Crippen LogP contribution in [0.15, 0.2) is 30.5 Å². The standard InChI is InChI=1S/C14H18N4OS/c1-17(8-6-13(15)20)14(19)7-9-18-12-5-3-2-4-11(12)10-16-18/h2-5,10H,6-9H2,1H3,(H2,15,20). The summed E-state index contributed by atoms with van der Waals surface area (Å²) in [5.41, 5.74) is 6.48. The minimum atomic E-state index is 0.0702. The molecule has 0 bridgehead atoms. The molecule has 1 aromatic carbocycles. The minimum Gasteiger partial charge on any atom is -0.393 e. The van der Waals surface area contributed by atoms with E-state index in [1.807, 2.05) is 35.1 Å². The van der Waals surface area contributed by atoms with Gasteiger partial charge in [-0.2, -0.15) is 5.10 Å². The van der Waals surface area contributed by atoms with Gasteiger partial charge in [-0.3, -0.25) is 9.48 Å². The lowest BCUT2D eigenvalue weighted by Gasteiger charge is -2.16. The molecule has 0 saturated carbocycles. The number of hydrogen-bond donors (Lipinski definition) is 1. The van der Waals surface area contributed by atoms with Crippen LogP contribution in [-0.2, 0) is 11.3 Å². The lowest BCUT2D eigenvalue weighted by Crippen LogP contribution is -2.30. The number of benzene rings is 1. The van der Waals surface area contributed by atoms with E-state index in [1.54, 1.807) is 11.9 Å². The van der Waals surface area contributed by atoms with Crippen LogP contribution in [0.5, 0.6) is 0 Å². The molecule has 1 amide bonds. The molecule has 5 nitrogen and oxygen atoms in total. The molecule has 0 saturated heterocycles. The van der Waals surface area contributed by atoms with Crippen molar-refractivity contribution < 1.29 is 4.79 Å². The second-order valence-electron chi connectivity index (χ2n) is 4.71. The van der Waals surface area contributed by atoms with Crippen molar-refractivity contribution in [1.29, 1.82) is 0 Å². The van der Waals surface area contributed by atoms with Crippen molar-refractivity contribution in [2.75, 3.05) is 13.6 Å². The fourth-order valence-electron chi connectivity index (χ4n) is 2.00. The molecule has 2 N–H and O–H groups in total. The normalized spacial score (nSPS) is 10.7. The summed E-state index contributed by atoms with van der Waals surface area (Å²) >= 11 is 4.81. The highest BCUT2D eigenvalue weighted by molar-refractivity contribution is 7.80. The number of nitrogens with two attached hydrogens (primary N) is 1. The van der Waals surface area contributed by atoms with Crippen molar-refractivity contribution in [2.45, 2.75) is 19.4 Å². The summed E-state index contributed by atoms with van der Waals surface area (Å²) in [6.07, 6.45) is 2.79. The molecule has 106 valence electrons. The number of fused-ring (bicyclic) bond motifs is 1. The summed E-state index contributed by atoms with van der Waals surface area (Å²) in [6.45, 7) is 1.14. The predicted molar refractivity (Wildman–Crippen MR) is 83.4 cm³/mol. The van der Waals surface area contributed by atoms with E-state index >= 15 is 0 Å². The van der Waals surface area contributed by atoms with E-state index in [-0.39, 0.29) is 5.91 Å². The van der Waals surface area contributed by atoms with Crippen LogP contribution in [0.25, 0.3) is 10.9 Å². The van der Waals surface area contributed by atoms with Crippen LogP contribution in [0, 0.1) is 0 Å². The van der Waals surface area contributed by atoms with Crippen LogP contribution < -0.4 is 5.73 Å². The number of carbonyl (C=O) groups excluding carboxylic acids is 1. The zero-order chi connectivity index (χ0) is 14.5.